The maximum absolute atomic E-state index is 12.3. The maximum Gasteiger partial charge on any atom is 0.320 e. The molecule has 0 spiro atoms. The fraction of sp³-hybridized carbons (Fsp3) is 0.944. The number of hydrogen-bond donors (Lipinski definition) is 0. The van der Waals surface area contributed by atoms with E-state index in [0.29, 0.717) is 12.0 Å². The van der Waals surface area contributed by atoms with Crippen molar-refractivity contribution in [2.24, 2.45) is 16.7 Å². The topological polar surface area (TPSA) is 29.5 Å². The predicted molar refractivity (Wildman–Crippen MR) is 84.0 cm³/mol. The molecule has 120 valence electrons. The van der Waals surface area contributed by atoms with Crippen molar-refractivity contribution in [1.82, 2.24) is 4.90 Å². The van der Waals surface area contributed by atoms with Crippen LogP contribution in [0.1, 0.15) is 65.7 Å². The molecule has 0 unspecified atom stereocenters. The van der Waals surface area contributed by atoms with Crippen molar-refractivity contribution in [3.8, 4) is 0 Å². The summed E-state index contributed by atoms with van der Waals surface area (Å²) in [5.41, 5.74) is 0.507. The van der Waals surface area contributed by atoms with Crippen molar-refractivity contribution in [3.63, 3.8) is 0 Å². The molecule has 1 heterocycles. The molecular weight excluding hydrogens is 262 g/mol. The summed E-state index contributed by atoms with van der Waals surface area (Å²) in [6.45, 7) is 9.69. The van der Waals surface area contributed by atoms with E-state index in [1.54, 1.807) is 0 Å². The van der Waals surface area contributed by atoms with E-state index < -0.39 is 0 Å². The number of hydrogen-bond acceptors (Lipinski definition) is 3. The highest BCUT2D eigenvalue weighted by Gasteiger charge is 2.62. The van der Waals surface area contributed by atoms with Gasteiger partial charge in [-0.2, -0.15) is 0 Å². The van der Waals surface area contributed by atoms with Gasteiger partial charge in [-0.05, 0) is 56.5 Å². The minimum absolute atomic E-state index is 0.00600. The van der Waals surface area contributed by atoms with Crippen LogP contribution < -0.4 is 0 Å². The van der Waals surface area contributed by atoms with Crippen LogP contribution in [0.2, 0.25) is 0 Å². The van der Waals surface area contributed by atoms with E-state index >= 15 is 0 Å². The maximum atomic E-state index is 12.3. The van der Waals surface area contributed by atoms with E-state index in [-0.39, 0.29) is 17.5 Å². The second-order valence-corrected chi connectivity index (χ2v) is 8.28. The highest BCUT2D eigenvalue weighted by molar-refractivity contribution is 5.72. The molecule has 3 atom stereocenters. The third-order valence-electron chi connectivity index (χ3n) is 7.04. The molecule has 2 saturated carbocycles. The summed E-state index contributed by atoms with van der Waals surface area (Å²) in [4.78, 5) is 14.6. The molecule has 3 nitrogen and oxygen atoms in total. The summed E-state index contributed by atoms with van der Waals surface area (Å²) < 4.78 is 5.95. The number of likely N-dealkylation sites (tertiary alicyclic amines) is 1. The zero-order chi connectivity index (χ0) is 15.1. The van der Waals surface area contributed by atoms with Gasteiger partial charge in [-0.1, -0.05) is 33.6 Å². The monoisotopic (exact) mass is 293 g/mol. The summed E-state index contributed by atoms with van der Waals surface area (Å²) in [6.07, 6.45) is 8.81. The van der Waals surface area contributed by atoms with Gasteiger partial charge in [-0.25, -0.2) is 0 Å². The normalized spacial score (nSPS) is 39.2. The van der Waals surface area contributed by atoms with Gasteiger partial charge < -0.3 is 4.74 Å². The number of fused-ring (bicyclic) bond motifs is 2. The number of esters is 1. The van der Waals surface area contributed by atoms with Gasteiger partial charge in [0.25, 0.3) is 0 Å². The lowest BCUT2D eigenvalue weighted by Gasteiger charge is -2.38. The molecular formula is C18H31NO2. The Bertz CT molecular complexity index is 398. The molecule has 3 fully saturated rings. The SMILES string of the molecule is CC1(C)[C@@H]2CC[C@]1(C)[C@H](OC(=O)CN1CCCCCC1)C2. The molecule has 2 bridgehead atoms. The van der Waals surface area contributed by atoms with E-state index in [4.69, 9.17) is 4.74 Å². The van der Waals surface area contributed by atoms with Crippen LogP contribution in [0.15, 0.2) is 0 Å². The first-order valence-corrected chi connectivity index (χ1v) is 8.85. The van der Waals surface area contributed by atoms with Crippen LogP contribution in [0.3, 0.4) is 0 Å². The van der Waals surface area contributed by atoms with Gasteiger partial charge in [-0.15, -0.1) is 0 Å². The molecule has 0 aromatic heterocycles. The van der Waals surface area contributed by atoms with Crippen LogP contribution in [0.25, 0.3) is 0 Å². The van der Waals surface area contributed by atoms with E-state index in [0.717, 1.165) is 25.4 Å². The Morgan fingerprint density at radius 1 is 1.14 bits per heavy atom. The van der Waals surface area contributed by atoms with Gasteiger partial charge in [0, 0.05) is 5.41 Å². The minimum atomic E-state index is 0.00600. The summed E-state index contributed by atoms with van der Waals surface area (Å²) in [7, 11) is 0. The molecule has 0 radical (unpaired) electrons. The molecule has 2 aliphatic carbocycles. The third kappa shape index (κ3) is 2.62. The molecule has 0 aromatic carbocycles. The fourth-order valence-electron chi connectivity index (χ4n) is 4.98. The Balaban J connectivity index is 1.56. The average Bonchev–Trinajstić information content (AvgIpc) is 2.69. The van der Waals surface area contributed by atoms with Crippen molar-refractivity contribution in [2.45, 2.75) is 71.8 Å². The number of nitrogens with zero attached hydrogens (tertiary/aromatic N) is 1. The van der Waals surface area contributed by atoms with Gasteiger partial charge in [-0.3, -0.25) is 9.69 Å². The highest BCUT2D eigenvalue weighted by Crippen LogP contribution is 2.66. The Hall–Kier alpha value is -0.570. The lowest BCUT2D eigenvalue weighted by atomic mass is 9.70. The number of carbonyl (C=O) groups excluding carboxylic acids is 1. The Morgan fingerprint density at radius 2 is 1.81 bits per heavy atom. The smallest absolute Gasteiger partial charge is 0.320 e. The zero-order valence-electron chi connectivity index (χ0n) is 14.0. The van der Waals surface area contributed by atoms with Gasteiger partial charge in [0.05, 0.1) is 6.54 Å². The fourth-order valence-corrected chi connectivity index (χ4v) is 4.98. The molecule has 3 aliphatic rings. The summed E-state index contributed by atoms with van der Waals surface area (Å²) >= 11 is 0. The van der Waals surface area contributed by atoms with Gasteiger partial charge in [0.1, 0.15) is 6.10 Å². The van der Waals surface area contributed by atoms with Crippen molar-refractivity contribution in [1.29, 1.82) is 0 Å². The predicted octanol–water partition coefficient (Wildman–Crippen LogP) is 3.62. The van der Waals surface area contributed by atoms with Gasteiger partial charge in [0.2, 0.25) is 0 Å². The van der Waals surface area contributed by atoms with Crippen LogP contribution in [0.5, 0.6) is 0 Å². The van der Waals surface area contributed by atoms with E-state index in [2.05, 4.69) is 25.7 Å². The number of carbonyl (C=O) groups is 1. The summed E-state index contributed by atoms with van der Waals surface area (Å²) in [6, 6.07) is 0. The Morgan fingerprint density at radius 3 is 2.33 bits per heavy atom. The molecule has 21 heavy (non-hydrogen) atoms. The average molecular weight is 293 g/mol. The minimum Gasteiger partial charge on any atom is -0.461 e. The lowest BCUT2D eigenvalue weighted by molar-refractivity contribution is -0.158. The second kappa shape index (κ2) is 5.57. The van der Waals surface area contributed by atoms with Crippen molar-refractivity contribution >= 4 is 5.97 Å². The second-order valence-electron chi connectivity index (χ2n) is 8.28. The van der Waals surface area contributed by atoms with Crippen LogP contribution >= 0.6 is 0 Å². The molecule has 3 heteroatoms. The quantitative estimate of drug-likeness (QED) is 0.744. The molecule has 3 rings (SSSR count). The van der Waals surface area contributed by atoms with Crippen molar-refractivity contribution < 1.29 is 9.53 Å². The zero-order valence-corrected chi connectivity index (χ0v) is 14.0. The van der Waals surface area contributed by atoms with Gasteiger partial charge >= 0.3 is 5.97 Å². The van der Waals surface area contributed by atoms with Crippen LogP contribution in [-0.2, 0) is 9.53 Å². The Labute approximate surface area is 129 Å². The van der Waals surface area contributed by atoms with Crippen LogP contribution in [0.4, 0.5) is 0 Å². The molecule has 0 aromatic rings. The first-order chi connectivity index (χ1) is 9.93. The number of rotatable bonds is 3. The van der Waals surface area contributed by atoms with E-state index in [1.165, 1.54) is 38.5 Å². The molecule has 0 N–H and O–H groups in total. The highest BCUT2D eigenvalue weighted by atomic mass is 16.5. The van der Waals surface area contributed by atoms with Crippen LogP contribution in [-0.4, -0.2) is 36.6 Å². The van der Waals surface area contributed by atoms with E-state index in [9.17, 15) is 4.79 Å². The summed E-state index contributed by atoms with van der Waals surface area (Å²) in [5.74, 6) is 0.741. The lowest BCUT2D eigenvalue weighted by Crippen LogP contribution is -2.40. The number of ether oxygens (including phenoxy) is 1. The first-order valence-electron chi connectivity index (χ1n) is 8.85. The molecule has 1 aliphatic heterocycles. The first kappa shape index (κ1) is 15.3. The van der Waals surface area contributed by atoms with Gasteiger partial charge in [0.15, 0.2) is 0 Å². The Kier molecular flexibility index (Phi) is 4.06. The third-order valence-corrected chi connectivity index (χ3v) is 7.04. The molecule has 0 amide bonds. The largest absolute Gasteiger partial charge is 0.461 e. The standard InChI is InChI=1S/C18H31NO2/c1-17(2)14-8-9-18(17,3)15(12-14)21-16(20)13-19-10-6-4-5-7-11-19/h14-15H,4-13H2,1-3H3/t14-,15-,18-/m1/s1. The van der Waals surface area contributed by atoms with Crippen LogP contribution in [0, 0.1) is 16.7 Å². The van der Waals surface area contributed by atoms with Crippen molar-refractivity contribution in [2.75, 3.05) is 19.6 Å². The van der Waals surface area contributed by atoms with E-state index in [1.807, 2.05) is 0 Å². The van der Waals surface area contributed by atoms with Crippen molar-refractivity contribution in [3.05, 3.63) is 0 Å². The molecule has 1 saturated heterocycles. The summed E-state index contributed by atoms with van der Waals surface area (Å²) in [5, 5.41) is 0.